The molecule has 0 aliphatic rings. The van der Waals surface area contributed by atoms with Gasteiger partial charge >= 0.3 is 5.97 Å². The fourth-order valence-corrected chi connectivity index (χ4v) is 1.67. The molecule has 0 unspecified atom stereocenters. The van der Waals surface area contributed by atoms with Crippen LogP contribution in [0.1, 0.15) is 24.3 Å². The first kappa shape index (κ1) is 13.1. The highest BCUT2D eigenvalue weighted by atomic mass is 16.5. The molecule has 2 rings (SSSR count). The van der Waals surface area contributed by atoms with Crippen molar-refractivity contribution in [2.24, 2.45) is 0 Å². The van der Waals surface area contributed by atoms with Crippen molar-refractivity contribution < 1.29 is 14.3 Å². The summed E-state index contributed by atoms with van der Waals surface area (Å²) in [5.74, 6) is 0.937. The molecule has 5 nitrogen and oxygen atoms in total. The molecule has 1 aromatic carbocycles. The second-order valence-electron chi connectivity index (χ2n) is 4.33. The number of aromatic amines is 1. The molecule has 1 aromatic heterocycles. The van der Waals surface area contributed by atoms with Crippen LogP contribution in [0.25, 0.3) is 11.4 Å². The smallest absolute Gasteiger partial charge is 0.356 e. The number of hydrogen-bond acceptors (Lipinski definition) is 4. The fourth-order valence-electron chi connectivity index (χ4n) is 1.67. The zero-order chi connectivity index (χ0) is 13.8. The normalized spacial score (nSPS) is 10.5. The first-order chi connectivity index (χ1) is 9.10. The predicted molar refractivity (Wildman–Crippen MR) is 71.1 cm³/mol. The van der Waals surface area contributed by atoms with Crippen LogP contribution in [0.4, 0.5) is 0 Å². The number of nitrogens with zero attached hydrogens (tertiary/aromatic N) is 1. The van der Waals surface area contributed by atoms with Gasteiger partial charge in [-0.15, -0.1) is 0 Å². The molecule has 1 heterocycles. The van der Waals surface area contributed by atoms with Crippen molar-refractivity contribution >= 4 is 5.97 Å². The SMILES string of the molecule is COC(=O)c1cnc(-c2cccc(OC(C)C)c2)[nH]1. The lowest BCUT2D eigenvalue weighted by molar-refractivity contribution is 0.0595. The van der Waals surface area contributed by atoms with E-state index in [2.05, 4.69) is 14.7 Å². The third-order valence-corrected chi connectivity index (χ3v) is 2.46. The first-order valence-corrected chi connectivity index (χ1v) is 6.00. The minimum atomic E-state index is -0.437. The van der Waals surface area contributed by atoms with Crippen molar-refractivity contribution in [3.63, 3.8) is 0 Å². The summed E-state index contributed by atoms with van der Waals surface area (Å²) in [5, 5.41) is 0. The van der Waals surface area contributed by atoms with Gasteiger partial charge < -0.3 is 14.5 Å². The summed E-state index contributed by atoms with van der Waals surface area (Å²) in [7, 11) is 1.33. The Morgan fingerprint density at radius 3 is 2.84 bits per heavy atom. The van der Waals surface area contributed by atoms with Gasteiger partial charge in [0, 0.05) is 5.56 Å². The fraction of sp³-hybridized carbons (Fsp3) is 0.286. The van der Waals surface area contributed by atoms with Crippen LogP contribution < -0.4 is 4.74 Å². The molecule has 0 fully saturated rings. The van der Waals surface area contributed by atoms with Crippen molar-refractivity contribution in [3.05, 3.63) is 36.2 Å². The maximum atomic E-state index is 11.4. The van der Waals surface area contributed by atoms with E-state index in [-0.39, 0.29) is 6.10 Å². The molecular weight excluding hydrogens is 244 g/mol. The van der Waals surface area contributed by atoms with Gasteiger partial charge in [0.2, 0.25) is 0 Å². The molecule has 100 valence electrons. The standard InChI is InChI=1S/C14H16N2O3/c1-9(2)19-11-6-4-5-10(7-11)13-15-8-12(16-13)14(17)18-3/h4-9H,1-3H3,(H,15,16). The monoisotopic (exact) mass is 260 g/mol. The van der Waals surface area contributed by atoms with E-state index in [0.717, 1.165) is 11.3 Å². The number of hydrogen-bond donors (Lipinski definition) is 1. The molecular formula is C14H16N2O3. The Kier molecular flexibility index (Phi) is 3.85. The van der Waals surface area contributed by atoms with Gasteiger partial charge in [0.15, 0.2) is 0 Å². The number of aromatic nitrogens is 2. The molecule has 0 saturated carbocycles. The number of methoxy groups -OCH3 is 1. The zero-order valence-electron chi connectivity index (χ0n) is 11.1. The Balaban J connectivity index is 2.26. The minimum Gasteiger partial charge on any atom is -0.491 e. The highest BCUT2D eigenvalue weighted by Gasteiger charge is 2.11. The average Bonchev–Trinajstić information content (AvgIpc) is 2.87. The van der Waals surface area contributed by atoms with Crippen LogP contribution in [0, 0.1) is 0 Å². The number of H-pyrrole nitrogens is 1. The van der Waals surface area contributed by atoms with Crippen LogP contribution in [0.15, 0.2) is 30.5 Å². The van der Waals surface area contributed by atoms with Gasteiger partial charge in [-0.1, -0.05) is 12.1 Å². The Bertz CT molecular complexity index is 576. The molecule has 0 aliphatic heterocycles. The highest BCUT2D eigenvalue weighted by Crippen LogP contribution is 2.22. The number of carbonyl (C=O) groups excluding carboxylic acids is 1. The lowest BCUT2D eigenvalue weighted by atomic mass is 10.2. The van der Waals surface area contributed by atoms with Gasteiger partial charge in [0.25, 0.3) is 0 Å². The number of imidazole rings is 1. The van der Waals surface area contributed by atoms with Gasteiger partial charge in [-0.05, 0) is 26.0 Å². The number of rotatable bonds is 4. The van der Waals surface area contributed by atoms with Gasteiger partial charge in [0.1, 0.15) is 17.3 Å². The van der Waals surface area contributed by atoms with Crippen molar-refractivity contribution in [3.8, 4) is 17.1 Å². The number of benzene rings is 1. The first-order valence-electron chi connectivity index (χ1n) is 6.00. The summed E-state index contributed by atoms with van der Waals surface area (Å²) in [4.78, 5) is 18.4. The van der Waals surface area contributed by atoms with Crippen LogP contribution in [0.5, 0.6) is 5.75 Å². The maximum absolute atomic E-state index is 11.4. The third-order valence-electron chi connectivity index (χ3n) is 2.46. The largest absolute Gasteiger partial charge is 0.491 e. The summed E-state index contributed by atoms with van der Waals surface area (Å²) < 4.78 is 10.2. The van der Waals surface area contributed by atoms with E-state index in [1.165, 1.54) is 13.3 Å². The van der Waals surface area contributed by atoms with Gasteiger partial charge in [-0.3, -0.25) is 0 Å². The van der Waals surface area contributed by atoms with Crippen LogP contribution in [-0.4, -0.2) is 29.2 Å². The number of carbonyl (C=O) groups is 1. The van der Waals surface area contributed by atoms with Gasteiger partial charge in [0.05, 0.1) is 19.4 Å². The summed E-state index contributed by atoms with van der Waals surface area (Å²) in [6.45, 7) is 3.93. The summed E-state index contributed by atoms with van der Waals surface area (Å²) in [6.07, 6.45) is 1.56. The van der Waals surface area contributed by atoms with E-state index in [9.17, 15) is 4.79 Å². The predicted octanol–water partition coefficient (Wildman–Crippen LogP) is 2.65. The van der Waals surface area contributed by atoms with Crippen molar-refractivity contribution in [1.82, 2.24) is 9.97 Å². The number of esters is 1. The zero-order valence-corrected chi connectivity index (χ0v) is 11.1. The van der Waals surface area contributed by atoms with Gasteiger partial charge in [-0.2, -0.15) is 0 Å². The summed E-state index contributed by atoms with van der Waals surface area (Å²) in [5.41, 5.74) is 1.18. The average molecular weight is 260 g/mol. The molecule has 0 atom stereocenters. The van der Waals surface area contributed by atoms with Crippen molar-refractivity contribution in [2.75, 3.05) is 7.11 Å². The second-order valence-corrected chi connectivity index (χ2v) is 4.33. The Morgan fingerprint density at radius 2 is 2.16 bits per heavy atom. The number of nitrogens with one attached hydrogen (secondary N) is 1. The second kappa shape index (κ2) is 5.56. The summed E-state index contributed by atoms with van der Waals surface area (Å²) >= 11 is 0. The molecule has 0 bridgehead atoms. The summed E-state index contributed by atoms with van der Waals surface area (Å²) in [6, 6.07) is 7.54. The Labute approximate surface area is 111 Å². The highest BCUT2D eigenvalue weighted by molar-refractivity contribution is 5.87. The lowest BCUT2D eigenvalue weighted by Crippen LogP contribution is -2.05. The molecule has 1 N–H and O–H groups in total. The van der Waals surface area contributed by atoms with E-state index in [1.54, 1.807) is 0 Å². The van der Waals surface area contributed by atoms with Crippen LogP contribution in [0.3, 0.4) is 0 Å². The van der Waals surface area contributed by atoms with Crippen LogP contribution >= 0.6 is 0 Å². The van der Waals surface area contributed by atoms with E-state index in [0.29, 0.717) is 11.5 Å². The quantitative estimate of drug-likeness (QED) is 0.858. The lowest BCUT2D eigenvalue weighted by Gasteiger charge is -2.10. The third kappa shape index (κ3) is 3.13. The number of ether oxygens (including phenoxy) is 2. The van der Waals surface area contributed by atoms with E-state index >= 15 is 0 Å². The van der Waals surface area contributed by atoms with E-state index < -0.39 is 5.97 Å². The van der Waals surface area contributed by atoms with Gasteiger partial charge in [-0.25, -0.2) is 9.78 Å². The van der Waals surface area contributed by atoms with E-state index in [4.69, 9.17) is 4.74 Å². The molecule has 5 heteroatoms. The topological polar surface area (TPSA) is 64.2 Å². The molecule has 0 saturated heterocycles. The Hall–Kier alpha value is -2.30. The molecule has 0 amide bonds. The molecule has 0 spiro atoms. The molecule has 19 heavy (non-hydrogen) atoms. The Morgan fingerprint density at radius 1 is 1.37 bits per heavy atom. The van der Waals surface area contributed by atoms with Crippen LogP contribution in [-0.2, 0) is 4.74 Å². The van der Waals surface area contributed by atoms with E-state index in [1.807, 2.05) is 38.1 Å². The minimum absolute atomic E-state index is 0.109. The van der Waals surface area contributed by atoms with Crippen molar-refractivity contribution in [2.45, 2.75) is 20.0 Å². The maximum Gasteiger partial charge on any atom is 0.356 e. The molecule has 2 aromatic rings. The molecule has 0 aliphatic carbocycles. The van der Waals surface area contributed by atoms with Crippen LogP contribution in [0.2, 0.25) is 0 Å². The van der Waals surface area contributed by atoms with Crippen molar-refractivity contribution in [1.29, 1.82) is 0 Å². The molecule has 0 radical (unpaired) electrons.